The van der Waals surface area contributed by atoms with Crippen LogP contribution in [0.25, 0.3) is 0 Å². The predicted molar refractivity (Wildman–Crippen MR) is 102 cm³/mol. The van der Waals surface area contributed by atoms with Gasteiger partial charge in [-0.1, -0.05) is 48.0 Å². The van der Waals surface area contributed by atoms with Gasteiger partial charge in [0, 0.05) is 22.5 Å². The molecule has 3 nitrogen and oxygen atoms in total. The molecule has 0 saturated heterocycles. The summed E-state index contributed by atoms with van der Waals surface area (Å²) in [6, 6.07) is 19.7. The molecule has 1 amide bonds. The number of halogens is 2. The monoisotopic (exact) mass is 366 g/mol. The zero-order chi connectivity index (χ0) is 18.3. The number of para-hydroxylation sites is 1. The third-order valence-electron chi connectivity index (χ3n) is 4.56. The van der Waals surface area contributed by atoms with Gasteiger partial charge in [0.15, 0.2) is 0 Å². The minimum Gasteiger partial charge on any atom is -0.361 e. The molecular formula is C21H16ClFN2O. The van der Waals surface area contributed by atoms with Crippen LogP contribution in [0.3, 0.4) is 0 Å². The molecule has 3 aromatic rings. The molecule has 0 fully saturated rings. The van der Waals surface area contributed by atoms with E-state index in [9.17, 15) is 9.18 Å². The number of hydrogen-bond donors (Lipinski definition) is 1. The first-order chi connectivity index (χ1) is 12.6. The minimum atomic E-state index is -0.476. The van der Waals surface area contributed by atoms with Crippen LogP contribution in [0.5, 0.6) is 0 Å². The molecule has 26 heavy (non-hydrogen) atoms. The number of amides is 1. The quantitative estimate of drug-likeness (QED) is 0.658. The molecule has 1 atom stereocenters. The number of carbonyl (C=O) groups excluding carboxylic acids is 1. The Balaban J connectivity index is 1.81. The van der Waals surface area contributed by atoms with Gasteiger partial charge in [-0.25, -0.2) is 4.39 Å². The second-order valence-electron chi connectivity index (χ2n) is 6.22. The Labute approximate surface area is 156 Å². The number of anilines is 2. The molecule has 1 N–H and O–H groups in total. The average molecular weight is 367 g/mol. The van der Waals surface area contributed by atoms with Crippen molar-refractivity contribution < 1.29 is 9.18 Å². The zero-order valence-corrected chi connectivity index (χ0v) is 14.8. The summed E-state index contributed by atoms with van der Waals surface area (Å²) < 4.78 is 13.5. The second kappa shape index (κ2) is 6.46. The summed E-state index contributed by atoms with van der Waals surface area (Å²) in [5.74, 6) is -0.545. The number of nitrogens with zero attached hydrogens (tertiary/aromatic N) is 1. The maximum absolute atomic E-state index is 13.5. The number of carbonyl (C=O) groups is 1. The van der Waals surface area contributed by atoms with E-state index in [4.69, 9.17) is 11.6 Å². The fraction of sp³-hybridized carbons (Fsp3) is 0.0952. The molecule has 1 aliphatic rings. The summed E-state index contributed by atoms with van der Waals surface area (Å²) in [6.07, 6.45) is -0.402. The Hall–Kier alpha value is -2.85. The van der Waals surface area contributed by atoms with Gasteiger partial charge in [0.1, 0.15) is 12.0 Å². The molecule has 0 saturated carbocycles. The van der Waals surface area contributed by atoms with E-state index < -0.39 is 12.0 Å². The lowest BCUT2D eigenvalue weighted by Gasteiger charge is -2.28. The van der Waals surface area contributed by atoms with E-state index in [0.717, 1.165) is 16.8 Å². The Morgan fingerprint density at radius 1 is 1.04 bits per heavy atom. The molecule has 1 heterocycles. The molecule has 1 aliphatic heterocycles. The summed E-state index contributed by atoms with van der Waals surface area (Å²) in [7, 11) is 0. The third-order valence-corrected chi connectivity index (χ3v) is 4.85. The number of aryl methyl sites for hydroxylation is 1. The van der Waals surface area contributed by atoms with E-state index in [1.54, 1.807) is 11.0 Å². The Kier molecular flexibility index (Phi) is 4.13. The molecule has 3 aromatic carbocycles. The fourth-order valence-electron chi connectivity index (χ4n) is 3.28. The van der Waals surface area contributed by atoms with Gasteiger partial charge in [-0.15, -0.1) is 0 Å². The van der Waals surface area contributed by atoms with Crippen molar-refractivity contribution in [1.82, 2.24) is 0 Å². The van der Waals surface area contributed by atoms with Crippen LogP contribution < -0.4 is 10.2 Å². The van der Waals surface area contributed by atoms with Gasteiger partial charge in [-0.2, -0.15) is 0 Å². The van der Waals surface area contributed by atoms with Crippen molar-refractivity contribution in [3.8, 4) is 0 Å². The van der Waals surface area contributed by atoms with Crippen LogP contribution in [0.15, 0.2) is 66.7 Å². The molecule has 0 bridgehead atoms. The van der Waals surface area contributed by atoms with E-state index in [0.29, 0.717) is 11.3 Å². The van der Waals surface area contributed by atoms with Gasteiger partial charge in [0.05, 0.1) is 5.02 Å². The van der Waals surface area contributed by atoms with Crippen molar-refractivity contribution in [3.63, 3.8) is 0 Å². The number of hydrogen-bond acceptors (Lipinski definition) is 2. The molecule has 130 valence electrons. The maximum atomic E-state index is 13.5. The van der Waals surface area contributed by atoms with E-state index in [-0.39, 0.29) is 10.9 Å². The summed E-state index contributed by atoms with van der Waals surface area (Å²) in [4.78, 5) is 14.8. The Morgan fingerprint density at radius 3 is 2.54 bits per heavy atom. The van der Waals surface area contributed by atoms with Crippen LogP contribution in [-0.4, -0.2) is 5.91 Å². The van der Waals surface area contributed by atoms with E-state index >= 15 is 0 Å². The highest BCUT2D eigenvalue weighted by Crippen LogP contribution is 2.39. The Morgan fingerprint density at radius 2 is 1.77 bits per heavy atom. The maximum Gasteiger partial charge on any atom is 0.260 e. The van der Waals surface area contributed by atoms with Crippen molar-refractivity contribution in [2.24, 2.45) is 0 Å². The van der Waals surface area contributed by atoms with Crippen LogP contribution in [0.2, 0.25) is 5.02 Å². The fourth-order valence-corrected chi connectivity index (χ4v) is 3.47. The normalized spacial score (nSPS) is 15.9. The molecule has 4 rings (SSSR count). The van der Waals surface area contributed by atoms with Crippen LogP contribution in [0, 0.1) is 12.7 Å². The Bertz CT molecular complexity index is 1000. The SMILES string of the molecule is Cc1ccccc1N1C(=O)c2ccccc2C1Nc1ccc(F)c(Cl)c1. The lowest BCUT2D eigenvalue weighted by molar-refractivity contribution is 0.0993. The van der Waals surface area contributed by atoms with Crippen molar-refractivity contribution in [3.05, 3.63) is 94.3 Å². The smallest absolute Gasteiger partial charge is 0.260 e. The van der Waals surface area contributed by atoms with Gasteiger partial charge < -0.3 is 5.32 Å². The summed E-state index contributed by atoms with van der Waals surface area (Å²) >= 11 is 5.91. The standard InChI is InChI=1S/C21H16ClFN2O/c1-13-6-2-5-9-19(13)25-20(15-7-3-4-8-16(15)21(25)26)24-14-10-11-18(23)17(22)12-14/h2-12,20,24H,1H3. The van der Waals surface area contributed by atoms with Crippen molar-refractivity contribution in [1.29, 1.82) is 0 Å². The first kappa shape index (κ1) is 16.6. The van der Waals surface area contributed by atoms with Gasteiger partial charge in [-0.3, -0.25) is 9.69 Å². The number of nitrogens with one attached hydrogen (secondary N) is 1. The molecule has 0 aliphatic carbocycles. The van der Waals surface area contributed by atoms with Gasteiger partial charge in [-0.05, 0) is 42.8 Å². The van der Waals surface area contributed by atoms with Crippen molar-refractivity contribution in [2.75, 3.05) is 10.2 Å². The molecular weight excluding hydrogens is 351 g/mol. The van der Waals surface area contributed by atoms with Gasteiger partial charge >= 0.3 is 0 Å². The van der Waals surface area contributed by atoms with Crippen LogP contribution in [0.1, 0.15) is 27.7 Å². The molecule has 1 unspecified atom stereocenters. The number of fused-ring (bicyclic) bond motifs is 1. The third kappa shape index (κ3) is 2.72. The highest BCUT2D eigenvalue weighted by Gasteiger charge is 2.38. The minimum absolute atomic E-state index is 0.0371. The predicted octanol–water partition coefficient (Wildman–Crippen LogP) is 5.56. The van der Waals surface area contributed by atoms with Crippen molar-refractivity contribution >= 4 is 28.9 Å². The van der Waals surface area contributed by atoms with Gasteiger partial charge in [0.25, 0.3) is 5.91 Å². The molecule has 5 heteroatoms. The van der Waals surface area contributed by atoms with E-state index in [2.05, 4.69) is 5.32 Å². The lowest BCUT2D eigenvalue weighted by atomic mass is 10.1. The highest BCUT2D eigenvalue weighted by molar-refractivity contribution is 6.31. The molecule has 0 aromatic heterocycles. The van der Waals surface area contributed by atoms with E-state index in [1.165, 1.54) is 12.1 Å². The van der Waals surface area contributed by atoms with Crippen LogP contribution in [-0.2, 0) is 0 Å². The number of rotatable bonds is 3. The average Bonchev–Trinajstić information content (AvgIpc) is 2.91. The first-order valence-corrected chi connectivity index (χ1v) is 8.64. The van der Waals surface area contributed by atoms with Crippen LogP contribution >= 0.6 is 11.6 Å². The summed E-state index contributed by atoms with van der Waals surface area (Å²) in [5.41, 5.74) is 4.00. The topological polar surface area (TPSA) is 32.3 Å². The van der Waals surface area contributed by atoms with Gasteiger partial charge in [0.2, 0.25) is 0 Å². The lowest BCUT2D eigenvalue weighted by Crippen LogP contribution is -2.32. The summed E-state index contributed by atoms with van der Waals surface area (Å²) in [6.45, 7) is 1.97. The largest absolute Gasteiger partial charge is 0.361 e. The first-order valence-electron chi connectivity index (χ1n) is 8.26. The highest BCUT2D eigenvalue weighted by atomic mass is 35.5. The molecule has 0 spiro atoms. The summed E-state index contributed by atoms with van der Waals surface area (Å²) in [5, 5.41) is 3.36. The van der Waals surface area contributed by atoms with Crippen LogP contribution in [0.4, 0.5) is 15.8 Å². The second-order valence-corrected chi connectivity index (χ2v) is 6.63. The zero-order valence-electron chi connectivity index (χ0n) is 14.0. The number of benzene rings is 3. The van der Waals surface area contributed by atoms with E-state index in [1.807, 2.05) is 55.5 Å². The van der Waals surface area contributed by atoms with Crippen molar-refractivity contribution in [2.45, 2.75) is 13.1 Å². The molecule has 0 radical (unpaired) electrons.